The Morgan fingerprint density at radius 3 is 2.65 bits per heavy atom. The van der Waals surface area contributed by atoms with Gasteiger partial charge in [0.15, 0.2) is 11.6 Å². The molecule has 0 unspecified atom stereocenters. The fourth-order valence-electron chi connectivity index (χ4n) is 1.72. The highest BCUT2D eigenvalue weighted by atomic mass is 19.1. The molecule has 2 rings (SSSR count). The van der Waals surface area contributed by atoms with E-state index in [1.54, 1.807) is 18.2 Å². The Kier molecular flexibility index (Phi) is 3.89. The minimum Gasteiger partial charge on any atom is -0.494 e. The van der Waals surface area contributed by atoms with E-state index in [4.69, 9.17) is 10.5 Å². The normalized spacial score (nSPS) is 10.2. The van der Waals surface area contributed by atoms with E-state index in [2.05, 4.69) is 5.32 Å². The predicted octanol–water partition coefficient (Wildman–Crippen LogP) is 2.98. The Balaban J connectivity index is 2.21. The van der Waals surface area contributed by atoms with Crippen LogP contribution in [0.3, 0.4) is 0 Å². The molecular formula is C15H15FN2O2. The number of nitrogens with two attached hydrogens (primary N) is 1. The number of rotatable bonds is 3. The molecule has 0 bridgehead atoms. The van der Waals surface area contributed by atoms with Crippen LogP contribution in [-0.4, -0.2) is 13.0 Å². The number of carbonyl (C=O) groups is 1. The van der Waals surface area contributed by atoms with E-state index in [0.29, 0.717) is 16.9 Å². The molecule has 0 aliphatic rings. The summed E-state index contributed by atoms with van der Waals surface area (Å²) in [6.45, 7) is 1.86. The molecule has 0 spiro atoms. The Labute approximate surface area is 116 Å². The first-order valence-corrected chi connectivity index (χ1v) is 6.02. The van der Waals surface area contributed by atoms with E-state index in [0.717, 1.165) is 5.56 Å². The highest BCUT2D eigenvalue weighted by Gasteiger charge is 2.09. The highest BCUT2D eigenvalue weighted by Crippen LogP contribution is 2.22. The number of ether oxygens (including phenoxy) is 1. The second-order valence-corrected chi connectivity index (χ2v) is 4.37. The van der Waals surface area contributed by atoms with E-state index in [1.165, 1.54) is 25.3 Å². The largest absolute Gasteiger partial charge is 0.494 e. The molecule has 3 N–H and O–H groups in total. The number of nitrogen functional groups attached to an aromatic ring is 1. The van der Waals surface area contributed by atoms with Crippen molar-refractivity contribution in [1.82, 2.24) is 0 Å². The van der Waals surface area contributed by atoms with Crippen LogP contribution in [0.2, 0.25) is 0 Å². The number of amides is 1. The van der Waals surface area contributed by atoms with Crippen molar-refractivity contribution >= 4 is 17.3 Å². The standard InChI is InChI=1S/C15H15FN2O2/c1-9-3-4-10(7-13(9)17)15(19)18-11-5-6-12(16)14(8-11)20-2/h3-8H,17H2,1-2H3,(H,18,19). The van der Waals surface area contributed by atoms with Crippen LogP contribution in [0, 0.1) is 12.7 Å². The summed E-state index contributed by atoms with van der Waals surface area (Å²) in [7, 11) is 1.37. The van der Waals surface area contributed by atoms with Gasteiger partial charge in [0.2, 0.25) is 0 Å². The van der Waals surface area contributed by atoms with Crippen LogP contribution in [0.15, 0.2) is 36.4 Å². The van der Waals surface area contributed by atoms with Crippen molar-refractivity contribution in [3.63, 3.8) is 0 Å². The van der Waals surface area contributed by atoms with Crippen molar-refractivity contribution in [3.8, 4) is 5.75 Å². The number of hydrogen-bond donors (Lipinski definition) is 2. The third kappa shape index (κ3) is 2.88. The zero-order valence-corrected chi connectivity index (χ0v) is 11.2. The molecule has 0 saturated carbocycles. The topological polar surface area (TPSA) is 64.3 Å². The maximum Gasteiger partial charge on any atom is 0.255 e. The lowest BCUT2D eigenvalue weighted by Gasteiger charge is -2.09. The van der Waals surface area contributed by atoms with Gasteiger partial charge in [0.05, 0.1) is 7.11 Å². The van der Waals surface area contributed by atoms with Crippen molar-refractivity contribution in [2.75, 3.05) is 18.2 Å². The molecule has 0 aromatic heterocycles. The van der Waals surface area contributed by atoms with Crippen molar-refractivity contribution in [1.29, 1.82) is 0 Å². The summed E-state index contributed by atoms with van der Waals surface area (Å²) in [6, 6.07) is 9.18. The Bertz CT molecular complexity index is 656. The first-order chi connectivity index (χ1) is 9.51. The van der Waals surface area contributed by atoms with Crippen LogP contribution in [-0.2, 0) is 0 Å². The van der Waals surface area contributed by atoms with Gasteiger partial charge in [-0.25, -0.2) is 4.39 Å². The zero-order valence-electron chi connectivity index (χ0n) is 11.2. The average Bonchev–Trinajstić information content (AvgIpc) is 2.43. The molecule has 104 valence electrons. The van der Waals surface area contributed by atoms with Gasteiger partial charge in [0.25, 0.3) is 5.91 Å². The summed E-state index contributed by atoms with van der Waals surface area (Å²) < 4.78 is 18.1. The van der Waals surface area contributed by atoms with Crippen LogP contribution >= 0.6 is 0 Å². The molecule has 0 radical (unpaired) electrons. The number of hydrogen-bond acceptors (Lipinski definition) is 3. The summed E-state index contributed by atoms with van der Waals surface area (Å²) in [5, 5.41) is 2.67. The Hall–Kier alpha value is -2.56. The van der Waals surface area contributed by atoms with Gasteiger partial charge >= 0.3 is 0 Å². The molecule has 0 heterocycles. The number of benzene rings is 2. The number of methoxy groups -OCH3 is 1. The number of halogens is 1. The minimum atomic E-state index is -0.481. The molecule has 1 amide bonds. The van der Waals surface area contributed by atoms with Gasteiger partial charge in [-0.3, -0.25) is 4.79 Å². The summed E-state index contributed by atoms with van der Waals surface area (Å²) in [6.07, 6.45) is 0. The summed E-state index contributed by atoms with van der Waals surface area (Å²) in [4.78, 5) is 12.1. The highest BCUT2D eigenvalue weighted by molar-refractivity contribution is 6.04. The van der Waals surface area contributed by atoms with Gasteiger partial charge in [0.1, 0.15) is 0 Å². The molecule has 0 fully saturated rings. The second-order valence-electron chi connectivity index (χ2n) is 4.37. The fourth-order valence-corrected chi connectivity index (χ4v) is 1.72. The lowest BCUT2D eigenvalue weighted by Crippen LogP contribution is -2.12. The fraction of sp³-hybridized carbons (Fsp3) is 0.133. The molecule has 2 aromatic carbocycles. The molecule has 5 heteroatoms. The summed E-state index contributed by atoms with van der Waals surface area (Å²) >= 11 is 0. The number of carbonyl (C=O) groups excluding carboxylic acids is 1. The van der Waals surface area contributed by atoms with E-state index in [-0.39, 0.29) is 11.7 Å². The number of aryl methyl sites for hydroxylation is 1. The van der Waals surface area contributed by atoms with Crippen molar-refractivity contribution in [3.05, 3.63) is 53.3 Å². The third-order valence-corrected chi connectivity index (χ3v) is 2.95. The monoisotopic (exact) mass is 274 g/mol. The van der Waals surface area contributed by atoms with Gasteiger partial charge in [-0.2, -0.15) is 0 Å². The minimum absolute atomic E-state index is 0.0752. The molecule has 4 nitrogen and oxygen atoms in total. The molecule has 0 aliphatic heterocycles. The SMILES string of the molecule is COc1cc(NC(=O)c2ccc(C)c(N)c2)ccc1F. The van der Waals surface area contributed by atoms with Crippen LogP contribution in [0.1, 0.15) is 15.9 Å². The first-order valence-electron chi connectivity index (χ1n) is 6.02. The molecular weight excluding hydrogens is 259 g/mol. The molecule has 0 aliphatic carbocycles. The molecule has 2 aromatic rings. The van der Waals surface area contributed by atoms with Gasteiger partial charge in [0, 0.05) is 23.0 Å². The van der Waals surface area contributed by atoms with Gasteiger partial charge in [-0.15, -0.1) is 0 Å². The first kappa shape index (κ1) is 13.9. The lowest BCUT2D eigenvalue weighted by molar-refractivity contribution is 0.102. The smallest absolute Gasteiger partial charge is 0.255 e. The average molecular weight is 274 g/mol. The van der Waals surface area contributed by atoms with E-state index in [9.17, 15) is 9.18 Å². The Morgan fingerprint density at radius 2 is 2.00 bits per heavy atom. The number of nitrogens with one attached hydrogen (secondary N) is 1. The van der Waals surface area contributed by atoms with Crippen molar-refractivity contribution in [2.24, 2.45) is 0 Å². The molecule has 20 heavy (non-hydrogen) atoms. The maximum atomic E-state index is 13.3. The number of anilines is 2. The summed E-state index contributed by atoms with van der Waals surface area (Å²) in [5.41, 5.74) is 8.12. The van der Waals surface area contributed by atoms with Crippen molar-refractivity contribution < 1.29 is 13.9 Å². The molecule has 0 atom stereocenters. The van der Waals surface area contributed by atoms with Gasteiger partial charge in [-0.1, -0.05) is 6.07 Å². The third-order valence-electron chi connectivity index (χ3n) is 2.95. The van der Waals surface area contributed by atoms with Crippen LogP contribution in [0.4, 0.5) is 15.8 Å². The lowest BCUT2D eigenvalue weighted by atomic mass is 10.1. The molecule has 0 saturated heterocycles. The zero-order chi connectivity index (χ0) is 14.7. The van der Waals surface area contributed by atoms with Crippen LogP contribution in [0.5, 0.6) is 5.75 Å². The maximum absolute atomic E-state index is 13.3. The van der Waals surface area contributed by atoms with E-state index in [1.807, 2.05) is 6.92 Å². The van der Waals surface area contributed by atoms with Crippen molar-refractivity contribution in [2.45, 2.75) is 6.92 Å². The predicted molar refractivity (Wildman–Crippen MR) is 76.5 cm³/mol. The van der Waals surface area contributed by atoms with Crippen LogP contribution < -0.4 is 15.8 Å². The van der Waals surface area contributed by atoms with Crippen LogP contribution in [0.25, 0.3) is 0 Å². The quantitative estimate of drug-likeness (QED) is 0.846. The second kappa shape index (κ2) is 5.61. The summed E-state index contributed by atoms with van der Waals surface area (Å²) in [5.74, 6) is -0.721. The van der Waals surface area contributed by atoms with Gasteiger partial charge < -0.3 is 15.8 Å². The Morgan fingerprint density at radius 1 is 1.25 bits per heavy atom. The van der Waals surface area contributed by atoms with E-state index < -0.39 is 5.82 Å². The van der Waals surface area contributed by atoms with E-state index >= 15 is 0 Å². The van der Waals surface area contributed by atoms with Gasteiger partial charge in [-0.05, 0) is 36.8 Å².